The zero-order chi connectivity index (χ0) is 19.6. The van der Waals surface area contributed by atoms with Crippen molar-refractivity contribution in [1.29, 1.82) is 0 Å². The molecule has 3 N–H and O–H groups in total. The van der Waals surface area contributed by atoms with Crippen LogP contribution in [0.15, 0.2) is 54.9 Å². The van der Waals surface area contributed by atoms with Gasteiger partial charge in [0, 0.05) is 35.9 Å². The van der Waals surface area contributed by atoms with E-state index in [2.05, 4.69) is 30.4 Å². The van der Waals surface area contributed by atoms with Gasteiger partial charge >= 0.3 is 0 Å². The molecule has 0 amide bonds. The van der Waals surface area contributed by atoms with Crippen molar-refractivity contribution >= 4 is 28.2 Å². The second kappa shape index (κ2) is 7.40. The molecule has 29 heavy (non-hydrogen) atoms. The van der Waals surface area contributed by atoms with Crippen LogP contribution >= 0.6 is 0 Å². The molecule has 0 spiro atoms. The number of phenolic OH excluding ortho intramolecular Hbond substituents is 1. The molecule has 0 atom stereocenters. The van der Waals surface area contributed by atoms with Crippen LogP contribution in [0.2, 0.25) is 0 Å². The van der Waals surface area contributed by atoms with Gasteiger partial charge < -0.3 is 20.1 Å². The predicted molar refractivity (Wildman–Crippen MR) is 112 cm³/mol. The Kier molecular flexibility index (Phi) is 4.45. The van der Waals surface area contributed by atoms with E-state index < -0.39 is 0 Å². The molecular weight excluding hydrogens is 368 g/mol. The van der Waals surface area contributed by atoms with Gasteiger partial charge in [0.2, 0.25) is 5.95 Å². The van der Waals surface area contributed by atoms with E-state index in [0.29, 0.717) is 36.1 Å². The monoisotopic (exact) mass is 388 g/mol. The van der Waals surface area contributed by atoms with Crippen LogP contribution in [-0.2, 0) is 4.74 Å². The number of benzene rings is 2. The van der Waals surface area contributed by atoms with E-state index in [-0.39, 0.29) is 5.75 Å². The predicted octanol–water partition coefficient (Wildman–Crippen LogP) is 3.31. The maximum Gasteiger partial charge on any atom is 0.226 e. The Morgan fingerprint density at radius 2 is 2.00 bits per heavy atom. The number of nitrogens with one attached hydrogen (secondary N) is 2. The molecule has 0 radical (unpaired) electrons. The van der Waals surface area contributed by atoms with Crippen molar-refractivity contribution < 1.29 is 9.84 Å². The molecule has 0 aliphatic carbocycles. The summed E-state index contributed by atoms with van der Waals surface area (Å²) in [4.78, 5) is 11.1. The number of aromatic hydroxyl groups is 1. The average molecular weight is 388 g/mol. The minimum Gasteiger partial charge on any atom is -0.505 e. The molecule has 1 aliphatic heterocycles. The Morgan fingerprint density at radius 3 is 2.90 bits per heavy atom. The van der Waals surface area contributed by atoms with Gasteiger partial charge in [-0.05, 0) is 36.4 Å². The van der Waals surface area contributed by atoms with Gasteiger partial charge in [0.05, 0.1) is 36.3 Å². The van der Waals surface area contributed by atoms with Crippen molar-refractivity contribution in [1.82, 2.24) is 20.2 Å². The molecule has 8 nitrogen and oxygen atoms in total. The second-order valence-electron chi connectivity index (χ2n) is 6.84. The summed E-state index contributed by atoms with van der Waals surface area (Å²) in [7, 11) is 0. The zero-order valence-electron chi connectivity index (χ0n) is 15.7. The van der Waals surface area contributed by atoms with Crippen LogP contribution in [0.4, 0.5) is 17.3 Å². The molecule has 4 aromatic rings. The second-order valence-corrected chi connectivity index (χ2v) is 6.84. The summed E-state index contributed by atoms with van der Waals surface area (Å²) >= 11 is 0. The van der Waals surface area contributed by atoms with E-state index in [9.17, 15) is 5.11 Å². The first-order valence-corrected chi connectivity index (χ1v) is 9.46. The van der Waals surface area contributed by atoms with Crippen LogP contribution in [0.25, 0.3) is 22.2 Å². The van der Waals surface area contributed by atoms with Gasteiger partial charge in [-0.15, -0.1) is 0 Å². The number of fused-ring (bicyclic) bond motifs is 1. The molecule has 0 bridgehead atoms. The Labute approximate surface area is 167 Å². The number of ether oxygens (including phenoxy) is 1. The maximum absolute atomic E-state index is 10.9. The lowest BCUT2D eigenvalue weighted by molar-refractivity contribution is 0.122. The van der Waals surface area contributed by atoms with E-state index in [1.165, 1.54) is 0 Å². The largest absolute Gasteiger partial charge is 0.505 e. The van der Waals surface area contributed by atoms with E-state index >= 15 is 0 Å². The summed E-state index contributed by atoms with van der Waals surface area (Å²) in [6, 6.07) is 13.3. The van der Waals surface area contributed by atoms with Crippen LogP contribution in [0.3, 0.4) is 0 Å². The number of para-hydroxylation sites is 1. The van der Waals surface area contributed by atoms with Crippen LogP contribution in [-0.4, -0.2) is 51.6 Å². The molecule has 1 fully saturated rings. The van der Waals surface area contributed by atoms with E-state index in [1.807, 2.05) is 36.4 Å². The molecule has 1 aliphatic rings. The number of rotatable bonds is 4. The molecule has 0 unspecified atom stereocenters. The van der Waals surface area contributed by atoms with Crippen molar-refractivity contribution in [2.45, 2.75) is 0 Å². The minimum atomic E-state index is 0.145. The summed E-state index contributed by atoms with van der Waals surface area (Å²) in [5.41, 5.74) is 3.76. The molecule has 2 aromatic heterocycles. The first-order valence-electron chi connectivity index (χ1n) is 9.46. The normalized spacial score (nSPS) is 14.3. The number of nitrogens with zero attached hydrogens (tertiary/aromatic N) is 4. The topological polar surface area (TPSA) is 99.2 Å². The van der Waals surface area contributed by atoms with Crippen molar-refractivity contribution in [3.05, 3.63) is 54.9 Å². The highest BCUT2D eigenvalue weighted by atomic mass is 16.5. The highest BCUT2D eigenvalue weighted by molar-refractivity contribution is 5.85. The zero-order valence-corrected chi connectivity index (χ0v) is 15.7. The van der Waals surface area contributed by atoms with Crippen LogP contribution in [0, 0.1) is 0 Å². The molecule has 0 saturated carbocycles. The van der Waals surface area contributed by atoms with Crippen molar-refractivity contribution in [2.24, 2.45) is 0 Å². The standard InChI is InChI=1S/C21H20N6O2/c28-20-16(18-6-7-22-21(25-18)27-8-10-29-11-9-27)2-1-3-19(20)24-15-4-5-17-14(12-15)13-23-26-17/h1-7,12-13,24,28H,8-11H2,(H,23,26). The Bertz CT molecular complexity index is 1150. The maximum atomic E-state index is 10.9. The third-order valence-corrected chi connectivity index (χ3v) is 4.97. The number of hydrogen-bond acceptors (Lipinski definition) is 7. The fraction of sp³-hybridized carbons (Fsp3) is 0.190. The van der Waals surface area contributed by atoms with Crippen LogP contribution in [0.5, 0.6) is 5.75 Å². The number of hydrogen-bond donors (Lipinski definition) is 3. The SMILES string of the molecule is Oc1c(Nc2ccc3[nH]ncc3c2)cccc1-c1ccnc(N2CCOCC2)n1. The fourth-order valence-electron chi connectivity index (χ4n) is 3.44. The van der Waals surface area contributed by atoms with E-state index in [4.69, 9.17) is 4.74 Å². The van der Waals surface area contributed by atoms with Gasteiger partial charge in [0.1, 0.15) is 5.75 Å². The molecule has 2 aromatic carbocycles. The third kappa shape index (κ3) is 3.45. The van der Waals surface area contributed by atoms with Gasteiger partial charge in [-0.3, -0.25) is 5.10 Å². The third-order valence-electron chi connectivity index (χ3n) is 4.97. The highest BCUT2D eigenvalue weighted by Crippen LogP contribution is 2.36. The van der Waals surface area contributed by atoms with Crippen LogP contribution < -0.4 is 10.2 Å². The minimum absolute atomic E-state index is 0.145. The first-order chi connectivity index (χ1) is 14.3. The Balaban J connectivity index is 1.45. The van der Waals surface area contributed by atoms with Crippen molar-refractivity contribution in [3.8, 4) is 17.0 Å². The first kappa shape index (κ1) is 17.4. The quantitative estimate of drug-likeness (QED) is 0.461. The number of morpholine rings is 1. The molecule has 146 valence electrons. The summed E-state index contributed by atoms with van der Waals surface area (Å²) in [5.74, 6) is 0.792. The lowest BCUT2D eigenvalue weighted by Gasteiger charge is -2.26. The number of anilines is 3. The van der Waals surface area contributed by atoms with Gasteiger partial charge in [0.15, 0.2) is 0 Å². The lowest BCUT2D eigenvalue weighted by atomic mass is 10.1. The highest BCUT2D eigenvalue weighted by Gasteiger charge is 2.16. The van der Waals surface area contributed by atoms with Crippen LogP contribution in [0.1, 0.15) is 0 Å². The summed E-state index contributed by atoms with van der Waals surface area (Å²) in [5, 5.41) is 22.2. The van der Waals surface area contributed by atoms with Crippen molar-refractivity contribution in [2.75, 3.05) is 36.5 Å². The average Bonchev–Trinajstić information content (AvgIpc) is 3.24. The van der Waals surface area contributed by atoms with Gasteiger partial charge in [-0.2, -0.15) is 5.10 Å². The summed E-state index contributed by atoms with van der Waals surface area (Å²) < 4.78 is 5.40. The number of H-pyrrole nitrogens is 1. The molecule has 3 heterocycles. The molecule has 8 heteroatoms. The fourth-order valence-corrected chi connectivity index (χ4v) is 3.44. The van der Waals surface area contributed by atoms with E-state index in [0.717, 1.165) is 29.7 Å². The Hall–Kier alpha value is -3.65. The van der Waals surface area contributed by atoms with Gasteiger partial charge in [-0.25, -0.2) is 9.97 Å². The number of phenols is 1. The van der Waals surface area contributed by atoms with E-state index in [1.54, 1.807) is 18.5 Å². The Morgan fingerprint density at radius 1 is 1.10 bits per heavy atom. The lowest BCUT2D eigenvalue weighted by Crippen LogP contribution is -2.37. The smallest absolute Gasteiger partial charge is 0.226 e. The summed E-state index contributed by atoms with van der Waals surface area (Å²) in [6.07, 6.45) is 3.49. The molecule has 1 saturated heterocycles. The number of aromatic amines is 1. The van der Waals surface area contributed by atoms with Gasteiger partial charge in [0.25, 0.3) is 0 Å². The van der Waals surface area contributed by atoms with Crippen molar-refractivity contribution in [3.63, 3.8) is 0 Å². The summed E-state index contributed by atoms with van der Waals surface area (Å²) in [6.45, 7) is 2.85. The van der Waals surface area contributed by atoms with Gasteiger partial charge in [-0.1, -0.05) is 6.07 Å². The number of aromatic nitrogens is 4. The molecule has 5 rings (SSSR count). The molecular formula is C21H20N6O2.